The fraction of sp³-hybridized carbons (Fsp3) is 0.267. The van der Waals surface area contributed by atoms with E-state index in [0.717, 1.165) is 17.0 Å². The van der Waals surface area contributed by atoms with Gasteiger partial charge in [-0.25, -0.2) is 4.79 Å². The van der Waals surface area contributed by atoms with Gasteiger partial charge in [-0.05, 0) is 31.5 Å². The summed E-state index contributed by atoms with van der Waals surface area (Å²) >= 11 is 0. The van der Waals surface area contributed by atoms with Crippen LogP contribution < -0.4 is 16.4 Å². The summed E-state index contributed by atoms with van der Waals surface area (Å²) in [6.07, 6.45) is 3.53. The number of carbonyl (C=O) groups is 1. The molecule has 0 bridgehead atoms. The molecule has 0 aliphatic heterocycles. The van der Waals surface area contributed by atoms with Crippen LogP contribution in [-0.4, -0.2) is 16.0 Å². The molecule has 6 nitrogen and oxygen atoms in total. The highest BCUT2D eigenvalue weighted by atomic mass is 16.2. The molecule has 110 valence electrons. The number of nitrogens with two attached hydrogens (primary N) is 1. The van der Waals surface area contributed by atoms with Crippen molar-refractivity contribution in [2.45, 2.75) is 26.4 Å². The van der Waals surface area contributed by atoms with Crippen molar-refractivity contribution < 1.29 is 4.79 Å². The number of nitrogens with zero attached hydrogens (tertiary/aromatic N) is 2. The Morgan fingerprint density at radius 2 is 1.95 bits per heavy atom. The Labute approximate surface area is 123 Å². The zero-order valence-corrected chi connectivity index (χ0v) is 12.1. The van der Waals surface area contributed by atoms with Gasteiger partial charge in [-0.2, -0.15) is 0 Å². The summed E-state index contributed by atoms with van der Waals surface area (Å²) in [7, 11) is 0. The molecule has 2 amide bonds. The molecule has 1 aromatic carbocycles. The van der Waals surface area contributed by atoms with Crippen LogP contribution in [-0.2, 0) is 6.54 Å². The highest BCUT2D eigenvalue weighted by Gasteiger charge is 2.06. The minimum atomic E-state index is -0.563. The Kier molecular flexibility index (Phi) is 4.84. The lowest BCUT2D eigenvalue weighted by molar-refractivity contribution is 0.259. The van der Waals surface area contributed by atoms with Gasteiger partial charge in [0.05, 0.1) is 11.4 Å². The average Bonchev–Trinajstić information content (AvgIpc) is 2.46. The molecule has 0 radical (unpaired) electrons. The number of hydrogen-bond donors (Lipinski definition) is 3. The third-order valence-electron chi connectivity index (χ3n) is 3.10. The maximum absolute atomic E-state index is 10.8. The van der Waals surface area contributed by atoms with Crippen molar-refractivity contribution in [3.63, 3.8) is 0 Å². The van der Waals surface area contributed by atoms with E-state index < -0.39 is 6.03 Å². The predicted octanol–water partition coefficient (Wildman–Crippen LogP) is 2.13. The second-order valence-electron chi connectivity index (χ2n) is 4.86. The number of hydrogen-bond acceptors (Lipinski definition) is 4. The zero-order valence-electron chi connectivity index (χ0n) is 12.1. The van der Waals surface area contributed by atoms with Crippen LogP contribution in [0, 0.1) is 6.92 Å². The number of urea groups is 1. The minimum absolute atomic E-state index is 0.163. The molecule has 0 aliphatic carbocycles. The van der Waals surface area contributed by atoms with Gasteiger partial charge in [0, 0.05) is 30.7 Å². The maximum atomic E-state index is 10.8. The number of amides is 2. The van der Waals surface area contributed by atoms with Crippen LogP contribution in [0.1, 0.15) is 29.9 Å². The molecule has 21 heavy (non-hydrogen) atoms. The number of anilines is 1. The normalized spacial score (nSPS) is 11.9. The summed E-state index contributed by atoms with van der Waals surface area (Å²) in [6, 6.07) is 7.14. The number of nitrogens with one attached hydrogen (secondary N) is 2. The Morgan fingerprint density at radius 1 is 1.24 bits per heavy atom. The maximum Gasteiger partial charge on any atom is 0.316 e. The highest BCUT2D eigenvalue weighted by molar-refractivity contribution is 5.87. The summed E-state index contributed by atoms with van der Waals surface area (Å²) < 4.78 is 0. The molecule has 1 unspecified atom stereocenters. The summed E-state index contributed by atoms with van der Waals surface area (Å²) in [5.74, 6) is 0. The van der Waals surface area contributed by atoms with E-state index >= 15 is 0 Å². The number of primary amides is 1. The number of benzene rings is 1. The van der Waals surface area contributed by atoms with E-state index in [9.17, 15) is 4.79 Å². The number of rotatable bonds is 5. The molecule has 0 spiro atoms. The van der Waals surface area contributed by atoms with Gasteiger partial charge in [0.15, 0.2) is 0 Å². The van der Waals surface area contributed by atoms with Crippen molar-refractivity contribution in [2.24, 2.45) is 5.73 Å². The first-order chi connectivity index (χ1) is 10.0. The SMILES string of the molecule is Cc1cnc(CNC(C)c2ccc(NC(N)=O)cc2)cn1. The molecule has 1 aromatic heterocycles. The van der Waals surface area contributed by atoms with Crippen LogP contribution in [0.4, 0.5) is 10.5 Å². The predicted molar refractivity (Wildman–Crippen MR) is 81.7 cm³/mol. The van der Waals surface area contributed by atoms with Crippen LogP contribution in [0.15, 0.2) is 36.7 Å². The van der Waals surface area contributed by atoms with Crippen LogP contribution in [0.3, 0.4) is 0 Å². The topological polar surface area (TPSA) is 92.9 Å². The van der Waals surface area contributed by atoms with Crippen molar-refractivity contribution in [1.82, 2.24) is 15.3 Å². The van der Waals surface area contributed by atoms with E-state index in [4.69, 9.17) is 5.73 Å². The number of carbonyl (C=O) groups excluding carboxylic acids is 1. The Bertz CT molecular complexity index is 594. The fourth-order valence-electron chi connectivity index (χ4n) is 1.88. The molecule has 4 N–H and O–H groups in total. The van der Waals surface area contributed by atoms with Crippen molar-refractivity contribution in [1.29, 1.82) is 0 Å². The summed E-state index contributed by atoms with van der Waals surface area (Å²) in [5.41, 5.74) is 8.68. The van der Waals surface area contributed by atoms with Crippen molar-refractivity contribution in [3.05, 3.63) is 53.6 Å². The lowest BCUT2D eigenvalue weighted by Gasteiger charge is -2.14. The molecular formula is C15H19N5O. The summed E-state index contributed by atoms with van der Waals surface area (Å²) in [5, 5.41) is 5.91. The molecule has 2 rings (SSSR count). The van der Waals surface area contributed by atoms with E-state index in [1.807, 2.05) is 31.2 Å². The first kappa shape index (κ1) is 14.9. The molecule has 0 fully saturated rings. The zero-order chi connectivity index (χ0) is 15.2. The Morgan fingerprint density at radius 3 is 2.52 bits per heavy atom. The van der Waals surface area contributed by atoms with E-state index in [1.54, 1.807) is 12.4 Å². The second-order valence-corrected chi connectivity index (χ2v) is 4.86. The third-order valence-corrected chi connectivity index (χ3v) is 3.10. The van der Waals surface area contributed by atoms with Crippen molar-refractivity contribution >= 4 is 11.7 Å². The van der Waals surface area contributed by atoms with Crippen LogP contribution >= 0.6 is 0 Å². The quantitative estimate of drug-likeness (QED) is 0.784. The third kappa shape index (κ3) is 4.54. The standard InChI is InChI=1S/C15H19N5O/c1-10-7-19-14(8-17-10)9-18-11(2)12-3-5-13(6-4-12)20-15(16)21/h3-8,11,18H,9H2,1-2H3,(H3,16,20,21). The largest absolute Gasteiger partial charge is 0.351 e. The van der Waals surface area contributed by atoms with E-state index in [-0.39, 0.29) is 6.04 Å². The second kappa shape index (κ2) is 6.81. The van der Waals surface area contributed by atoms with Crippen molar-refractivity contribution in [2.75, 3.05) is 5.32 Å². The Hall–Kier alpha value is -2.47. The molecule has 0 saturated carbocycles. The van der Waals surface area contributed by atoms with Crippen LogP contribution in [0.5, 0.6) is 0 Å². The highest BCUT2D eigenvalue weighted by Crippen LogP contribution is 2.16. The van der Waals surface area contributed by atoms with E-state index in [2.05, 4.69) is 27.5 Å². The molecule has 1 atom stereocenters. The average molecular weight is 285 g/mol. The lowest BCUT2D eigenvalue weighted by atomic mass is 10.1. The number of aromatic nitrogens is 2. The molecule has 6 heteroatoms. The molecule has 0 aliphatic rings. The monoisotopic (exact) mass is 285 g/mol. The van der Waals surface area contributed by atoms with Gasteiger partial charge in [-0.15, -0.1) is 0 Å². The van der Waals surface area contributed by atoms with E-state index in [0.29, 0.717) is 12.2 Å². The molecule has 1 heterocycles. The number of aryl methyl sites for hydroxylation is 1. The van der Waals surface area contributed by atoms with Gasteiger partial charge in [-0.1, -0.05) is 12.1 Å². The van der Waals surface area contributed by atoms with Gasteiger partial charge in [-0.3, -0.25) is 9.97 Å². The van der Waals surface area contributed by atoms with Gasteiger partial charge < -0.3 is 16.4 Å². The lowest BCUT2D eigenvalue weighted by Crippen LogP contribution is -2.20. The smallest absolute Gasteiger partial charge is 0.316 e. The van der Waals surface area contributed by atoms with Gasteiger partial charge in [0.25, 0.3) is 0 Å². The minimum Gasteiger partial charge on any atom is -0.351 e. The molecular weight excluding hydrogens is 266 g/mol. The fourth-order valence-corrected chi connectivity index (χ4v) is 1.88. The first-order valence-electron chi connectivity index (χ1n) is 6.72. The van der Waals surface area contributed by atoms with Gasteiger partial charge in [0.2, 0.25) is 0 Å². The van der Waals surface area contributed by atoms with Gasteiger partial charge >= 0.3 is 6.03 Å². The van der Waals surface area contributed by atoms with Crippen LogP contribution in [0.25, 0.3) is 0 Å². The summed E-state index contributed by atoms with van der Waals surface area (Å²) in [6.45, 7) is 4.63. The first-order valence-corrected chi connectivity index (χ1v) is 6.72. The van der Waals surface area contributed by atoms with Gasteiger partial charge in [0.1, 0.15) is 0 Å². The van der Waals surface area contributed by atoms with E-state index in [1.165, 1.54) is 0 Å². The summed E-state index contributed by atoms with van der Waals surface area (Å²) in [4.78, 5) is 19.3. The van der Waals surface area contributed by atoms with Crippen LogP contribution in [0.2, 0.25) is 0 Å². The Balaban J connectivity index is 1.92. The van der Waals surface area contributed by atoms with Crippen molar-refractivity contribution in [3.8, 4) is 0 Å². The molecule has 0 saturated heterocycles. The molecule has 2 aromatic rings.